The van der Waals surface area contributed by atoms with Crippen LogP contribution >= 0.6 is 0 Å². The zero-order chi connectivity index (χ0) is 31.6. The minimum absolute atomic E-state index is 0.197. The van der Waals surface area contributed by atoms with Gasteiger partial charge in [-0.1, -0.05) is 6.07 Å². The monoisotopic (exact) mass is 629 g/mol. The fourth-order valence-corrected chi connectivity index (χ4v) is 6.09. The first-order valence-electron chi connectivity index (χ1n) is 11.7. The van der Waals surface area contributed by atoms with Gasteiger partial charge in [-0.15, -0.1) is 5.06 Å². The molecular weight excluding hydrogens is 614 g/mol. The van der Waals surface area contributed by atoms with Gasteiger partial charge in [-0.05, 0) is 42.0 Å². The van der Waals surface area contributed by atoms with Gasteiger partial charge in [0.05, 0.1) is 22.2 Å². The molecular formula is C25H15N3O13S2-2. The molecule has 16 nitrogen and oxygen atoms in total. The van der Waals surface area contributed by atoms with E-state index in [-0.39, 0.29) is 40.0 Å². The van der Waals surface area contributed by atoms with Gasteiger partial charge in [0, 0.05) is 29.4 Å². The number of nitrogen functional groups attached to an aromatic ring is 1. The summed E-state index contributed by atoms with van der Waals surface area (Å²) in [4.78, 5) is 51.2. The van der Waals surface area contributed by atoms with Crippen molar-refractivity contribution in [1.29, 1.82) is 5.41 Å². The first-order valence-corrected chi connectivity index (χ1v) is 14.6. The van der Waals surface area contributed by atoms with Crippen LogP contribution in [0.4, 0.5) is 5.69 Å². The number of nitrogens with two attached hydrogens (primary N) is 1. The Hall–Kier alpha value is -5.17. The van der Waals surface area contributed by atoms with E-state index in [1.54, 1.807) is 0 Å². The largest absolute Gasteiger partial charge is 0.744 e. The molecule has 222 valence electrons. The van der Waals surface area contributed by atoms with Crippen molar-refractivity contribution < 1.29 is 59.5 Å². The third-order valence-electron chi connectivity index (χ3n) is 6.43. The molecule has 1 aliphatic carbocycles. The normalized spacial score (nSPS) is 14.0. The van der Waals surface area contributed by atoms with Gasteiger partial charge >= 0.3 is 11.9 Å². The minimum atomic E-state index is -5.48. The Kier molecular flexibility index (Phi) is 6.81. The third-order valence-corrected chi connectivity index (χ3v) is 8.26. The standard InChI is InChI=1S/C25H17N3O13S2/c26-15-5-3-12-19(11-2-1-10(9-14(11)24(31)32)25(33)41-28-17(29)7-8-18(28)30)13-4-6-16(27)23(43(37,38)39)21(13)40-20(12)22(15)42(34,35)36/h1-6,9,26H,7-8,27H2,(H,31,32)(H,34,35,36)(H,37,38,39)/p-2. The molecule has 3 aliphatic rings. The number of carboxylic acid groups (broad SMARTS) is 1. The van der Waals surface area contributed by atoms with E-state index in [0.717, 1.165) is 42.5 Å². The SMILES string of the molecule is N=c1ccc2c(-c3ccc(C(=O)ON4C(=O)CCC4=O)cc3C(=O)O)c3ccc(N)c(S(=O)(=O)[O-])c3oc-2c1S(=O)(=O)[O-]. The number of carbonyl (C=O) groups excluding carboxylic acids is 3. The summed E-state index contributed by atoms with van der Waals surface area (Å²) in [7, 11) is -10.9. The zero-order valence-corrected chi connectivity index (χ0v) is 22.8. The molecule has 0 aromatic heterocycles. The number of fused-ring (bicyclic) bond motifs is 2. The maximum absolute atomic E-state index is 12.7. The predicted octanol–water partition coefficient (Wildman–Crippen LogP) is 0.993. The van der Waals surface area contributed by atoms with Gasteiger partial charge in [0.2, 0.25) is 0 Å². The van der Waals surface area contributed by atoms with E-state index in [2.05, 4.69) is 0 Å². The number of aromatic carboxylic acids is 1. The second-order valence-electron chi connectivity index (χ2n) is 9.09. The smallest absolute Gasteiger partial charge is 0.363 e. The van der Waals surface area contributed by atoms with Crippen molar-refractivity contribution in [1.82, 2.24) is 5.06 Å². The Morgan fingerprint density at radius 1 is 0.930 bits per heavy atom. The molecule has 0 saturated carbocycles. The first-order chi connectivity index (χ1) is 20.0. The van der Waals surface area contributed by atoms with E-state index in [1.807, 2.05) is 0 Å². The van der Waals surface area contributed by atoms with Crippen molar-refractivity contribution in [3.63, 3.8) is 0 Å². The minimum Gasteiger partial charge on any atom is -0.744 e. The number of carboxylic acids is 1. The van der Waals surface area contributed by atoms with Crippen molar-refractivity contribution in [3.05, 3.63) is 58.9 Å². The number of imide groups is 1. The lowest BCUT2D eigenvalue weighted by Crippen LogP contribution is -2.32. The number of hydrogen-bond donors (Lipinski definition) is 3. The molecule has 1 fully saturated rings. The average Bonchev–Trinajstić information content (AvgIpc) is 3.21. The molecule has 0 unspecified atom stereocenters. The molecule has 5 rings (SSSR count). The summed E-state index contributed by atoms with van der Waals surface area (Å²) in [6, 6.07) is 7.03. The van der Waals surface area contributed by atoms with Gasteiger partial charge in [-0.3, -0.25) is 15.0 Å². The summed E-state index contributed by atoms with van der Waals surface area (Å²) in [6.07, 6.45) is -0.394. The topological polar surface area (TPSA) is 278 Å². The first kappa shape index (κ1) is 29.3. The van der Waals surface area contributed by atoms with Gasteiger partial charge in [-0.25, -0.2) is 26.4 Å². The fourth-order valence-electron chi connectivity index (χ4n) is 4.64. The molecule has 18 heteroatoms. The molecule has 2 aliphatic heterocycles. The van der Waals surface area contributed by atoms with Crippen LogP contribution in [-0.4, -0.2) is 59.9 Å². The fraction of sp³-hybridized carbons (Fsp3) is 0.0800. The number of benzene rings is 3. The number of carbonyl (C=O) groups is 4. The molecule has 0 radical (unpaired) electrons. The highest BCUT2D eigenvalue weighted by Crippen LogP contribution is 2.45. The van der Waals surface area contributed by atoms with Gasteiger partial charge in [0.15, 0.2) is 11.3 Å². The maximum Gasteiger partial charge on any atom is 0.363 e. The summed E-state index contributed by atoms with van der Waals surface area (Å²) in [5, 5.41) is 17.2. The van der Waals surface area contributed by atoms with Crippen molar-refractivity contribution in [2.75, 3.05) is 5.73 Å². The van der Waals surface area contributed by atoms with Crippen molar-refractivity contribution in [2.24, 2.45) is 0 Å². The highest BCUT2D eigenvalue weighted by molar-refractivity contribution is 7.86. The predicted molar refractivity (Wildman–Crippen MR) is 138 cm³/mol. The van der Waals surface area contributed by atoms with Crippen LogP contribution in [0.1, 0.15) is 33.6 Å². The summed E-state index contributed by atoms with van der Waals surface area (Å²) in [5.41, 5.74) is 2.32. The van der Waals surface area contributed by atoms with Gasteiger partial charge in [-0.2, -0.15) is 0 Å². The highest BCUT2D eigenvalue weighted by atomic mass is 32.2. The molecule has 2 amide bonds. The number of nitrogens with one attached hydrogen (secondary N) is 1. The van der Waals surface area contributed by atoms with Crippen LogP contribution in [0.5, 0.6) is 0 Å². The van der Waals surface area contributed by atoms with Crippen LogP contribution in [0.2, 0.25) is 0 Å². The number of hydroxylamine groups is 2. The second-order valence-corrected chi connectivity index (χ2v) is 11.7. The lowest BCUT2D eigenvalue weighted by atomic mass is 9.89. The Morgan fingerprint density at radius 3 is 2.12 bits per heavy atom. The van der Waals surface area contributed by atoms with E-state index in [9.17, 15) is 50.2 Å². The Morgan fingerprint density at radius 2 is 1.53 bits per heavy atom. The summed E-state index contributed by atoms with van der Waals surface area (Å²) in [6.45, 7) is 0. The Bertz CT molecular complexity index is 2170. The van der Waals surface area contributed by atoms with Crippen molar-refractivity contribution in [2.45, 2.75) is 22.6 Å². The number of hydrogen-bond acceptors (Lipinski definition) is 14. The van der Waals surface area contributed by atoms with E-state index in [1.165, 1.54) is 0 Å². The summed E-state index contributed by atoms with van der Waals surface area (Å²) in [5.74, 6) is -5.39. The lowest BCUT2D eigenvalue weighted by molar-refractivity contribution is -0.172. The quantitative estimate of drug-likeness (QED) is 0.116. The molecule has 0 atom stereocenters. The van der Waals surface area contributed by atoms with E-state index >= 15 is 0 Å². The maximum atomic E-state index is 12.7. The van der Waals surface area contributed by atoms with Crippen molar-refractivity contribution >= 4 is 60.6 Å². The molecule has 43 heavy (non-hydrogen) atoms. The number of amides is 2. The molecule has 2 aromatic carbocycles. The van der Waals surface area contributed by atoms with Gasteiger partial charge in [0.1, 0.15) is 30.0 Å². The van der Waals surface area contributed by atoms with E-state index < -0.39 is 87.3 Å². The van der Waals surface area contributed by atoms with Crippen molar-refractivity contribution in [3.8, 4) is 22.5 Å². The molecule has 4 N–H and O–H groups in total. The van der Waals surface area contributed by atoms with Crippen LogP contribution in [0, 0.1) is 5.41 Å². The Balaban J connectivity index is 1.86. The Labute approximate surface area is 240 Å². The van der Waals surface area contributed by atoms with E-state index in [4.69, 9.17) is 20.4 Å². The summed E-state index contributed by atoms with van der Waals surface area (Å²) < 4.78 is 78.5. The number of anilines is 1. The molecule has 2 aromatic rings. The van der Waals surface area contributed by atoms with Crippen LogP contribution in [0.15, 0.2) is 56.7 Å². The van der Waals surface area contributed by atoms with Gasteiger partial charge in [0.25, 0.3) is 11.8 Å². The van der Waals surface area contributed by atoms with E-state index in [0.29, 0.717) is 0 Å². The number of rotatable bonds is 6. The van der Waals surface area contributed by atoms with Crippen LogP contribution in [0.25, 0.3) is 33.4 Å². The summed E-state index contributed by atoms with van der Waals surface area (Å²) >= 11 is 0. The van der Waals surface area contributed by atoms with Crippen LogP contribution < -0.4 is 11.1 Å². The molecule has 1 saturated heterocycles. The van der Waals surface area contributed by atoms with Gasteiger partial charge < -0.3 is 29.2 Å². The molecule has 2 heterocycles. The molecule has 0 bridgehead atoms. The number of nitrogens with zero attached hydrogens (tertiary/aromatic N) is 1. The average molecular weight is 630 g/mol. The highest BCUT2D eigenvalue weighted by Gasteiger charge is 2.34. The van der Waals surface area contributed by atoms with Crippen LogP contribution in [0.3, 0.4) is 0 Å². The second kappa shape index (κ2) is 9.98. The molecule has 0 spiro atoms. The lowest BCUT2D eigenvalue weighted by Gasteiger charge is -2.22. The zero-order valence-electron chi connectivity index (χ0n) is 21.1. The van der Waals surface area contributed by atoms with Crippen LogP contribution in [-0.2, 0) is 34.7 Å². The third kappa shape index (κ3) is 4.97.